The van der Waals surface area contributed by atoms with Crippen LogP contribution in [0.25, 0.3) is 0 Å². The number of amides is 1. The van der Waals surface area contributed by atoms with Crippen molar-refractivity contribution in [1.29, 1.82) is 0 Å². The zero-order chi connectivity index (χ0) is 18.5. The van der Waals surface area contributed by atoms with Gasteiger partial charge in [-0.05, 0) is 64.2 Å². The average Bonchev–Trinajstić information content (AvgIpc) is 2.71. The van der Waals surface area contributed by atoms with E-state index in [-0.39, 0.29) is 6.54 Å². The number of carbonyl (C=O) groups excluding carboxylic acids is 1. The van der Waals surface area contributed by atoms with Gasteiger partial charge in [0.05, 0.1) is 18.2 Å². The van der Waals surface area contributed by atoms with Crippen LogP contribution in [0.15, 0.2) is 28.7 Å². The van der Waals surface area contributed by atoms with Gasteiger partial charge in [0.1, 0.15) is 11.3 Å². The Balaban J connectivity index is 1.78. The van der Waals surface area contributed by atoms with E-state index >= 15 is 0 Å². The first-order valence-corrected chi connectivity index (χ1v) is 9.49. The quantitative estimate of drug-likeness (QED) is 0.777. The molecular weight excluding hydrogens is 389 g/mol. The van der Waals surface area contributed by atoms with Crippen molar-refractivity contribution in [3.63, 3.8) is 0 Å². The fourth-order valence-corrected chi connectivity index (χ4v) is 4.24. The molecule has 3 rings (SSSR count). The summed E-state index contributed by atoms with van der Waals surface area (Å²) in [6, 6.07) is 7.37. The Bertz CT molecular complexity index is 649. The first-order chi connectivity index (χ1) is 11.6. The number of ether oxygens (including phenoxy) is 1. The molecule has 138 valence electrons. The molecule has 2 fully saturated rings. The van der Waals surface area contributed by atoms with Crippen LogP contribution in [0.4, 0.5) is 9.18 Å². The minimum Gasteiger partial charge on any atom is -0.440 e. The van der Waals surface area contributed by atoms with Crippen LogP contribution in [0.5, 0.6) is 0 Å². The zero-order valence-corrected chi connectivity index (χ0v) is 16.5. The summed E-state index contributed by atoms with van der Waals surface area (Å²) in [6.07, 6.45) is 0.543. The molecule has 1 N–H and O–H groups in total. The normalized spacial score (nSPS) is 32.7. The maximum absolute atomic E-state index is 14.2. The van der Waals surface area contributed by atoms with Gasteiger partial charge in [-0.3, -0.25) is 4.90 Å². The monoisotopic (exact) mass is 413 g/mol. The molecule has 1 aliphatic carbocycles. The van der Waals surface area contributed by atoms with Crippen LogP contribution in [-0.4, -0.2) is 39.5 Å². The van der Waals surface area contributed by atoms with Crippen molar-refractivity contribution in [2.45, 2.75) is 69.4 Å². The number of aliphatic hydroxyl groups excluding tert-OH is 1. The van der Waals surface area contributed by atoms with E-state index in [1.54, 1.807) is 11.8 Å². The Labute approximate surface area is 156 Å². The Morgan fingerprint density at radius 1 is 1.20 bits per heavy atom. The minimum absolute atomic E-state index is 0.155. The third kappa shape index (κ3) is 3.31. The average molecular weight is 414 g/mol. The Morgan fingerprint density at radius 2 is 1.76 bits per heavy atom. The number of alkyl halides is 1. The molecule has 4 nitrogen and oxygen atoms in total. The van der Waals surface area contributed by atoms with Gasteiger partial charge in [-0.25, -0.2) is 9.18 Å². The summed E-state index contributed by atoms with van der Waals surface area (Å²) in [6.45, 7) is 5.67. The molecule has 1 unspecified atom stereocenters. The van der Waals surface area contributed by atoms with Crippen LogP contribution in [0.2, 0.25) is 0 Å². The second kappa shape index (κ2) is 6.23. The van der Waals surface area contributed by atoms with E-state index in [4.69, 9.17) is 4.74 Å². The highest BCUT2D eigenvalue weighted by atomic mass is 79.9. The van der Waals surface area contributed by atoms with E-state index in [1.165, 1.54) is 0 Å². The van der Waals surface area contributed by atoms with E-state index in [1.807, 2.05) is 38.1 Å². The molecule has 1 aromatic rings. The second-order valence-corrected chi connectivity index (χ2v) is 8.93. The molecule has 0 bridgehead atoms. The fraction of sp³-hybridized carbons (Fsp3) is 0.632. The van der Waals surface area contributed by atoms with Gasteiger partial charge < -0.3 is 9.84 Å². The highest BCUT2D eigenvalue weighted by Gasteiger charge is 2.61. The lowest BCUT2D eigenvalue weighted by molar-refractivity contribution is -0.0663. The number of benzene rings is 1. The van der Waals surface area contributed by atoms with Crippen molar-refractivity contribution < 1.29 is 19.0 Å². The number of nitrogens with zero attached hydrogens (tertiary/aromatic N) is 1. The summed E-state index contributed by atoms with van der Waals surface area (Å²) in [5.41, 5.74) is -1.74. The van der Waals surface area contributed by atoms with E-state index in [9.17, 15) is 14.3 Å². The standard InChI is InChI=1S/C19H25BrFNO3/c1-17(2)19(10-8-18(3,21)9-11-19)25-16(24)22(17)12-15(23)13-4-6-14(20)7-5-13/h4-7,15,23H,8-12H2,1-3H3. The number of halogens is 2. The van der Waals surface area contributed by atoms with Gasteiger partial charge in [-0.15, -0.1) is 0 Å². The predicted octanol–water partition coefficient (Wildman–Crippen LogP) is 4.75. The largest absolute Gasteiger partial charge is 0.440 e. The smallest absolute Gasteiger partial charge is 0.411 e. The number of aliphatic hydroxyl groups is 1. The summed E-state index contributed by atoms with van der Waals surface area (Å²) in [7, 11) is 0. The number of hydrogen-bond acceptors (Lipinski definition) is 3. The molecule has 0 radical (unpaired) electrons. The summed E-state index contributed by atoms with van der Waals surface area (Å²) in [5, 5.41) is 10.6. The van der Waals surface area contributed by atoms with Gasteiger partial charge in [0.15, 0.2) is 0 Å². The molecule has 1 atom stereocenters. The SMILES string of the molecule is CC1(F)CCC2(CC1)OC(=O)N(CC(O)c1ccc(Br)cc1)C2(C)C. The van der Waals surface area contributed by atoms with Crippen LogP contribution in [0, 0.1) is 0 Å². The molecule has 25 heavy (non-hydrogen) atoms. The molecular formula is C19H25BrFNO3. The van der Waals surface area contributed by atoms with Gasteiger partial charge in [-0.1, -0.05) is 28.1 Å². The molecule has 1 amide bonds. The van der Waals surface area contributed by atoms with Gasteiger partial charge in [0.2, 0.25) is 0 Å². The molecule has 1 aromatic carbocycles. The van der Waals surface area contributed by atoms with Gasteiger partial charge >= 0.3 is 6.09 Å². The van der Waals surface area contributed by atoms with Gasteiger partial charge in [-0.2, -0.15) is 0 Å². The van der Waals surface area contributed by atoms with Crippen molar-refractivity contribution in [2.24, 2.45) is 0 Å². The van der Waals surface area contributed by atoms with Crippen molar-refractivity contribution in [3.8, 4) is 0 Å². The highest BCUT2D eigenvalue weighted by molar-refractivity contribution is 9.10. The molecule has 1 aliphatic heterocycles. The maximum atomic E-state index is 14.2. The molecule has 1 saturated heterocycles. The van der Waals surface area contributed by atoms with Crippen LogP contribution in [0.3, 0.4) is 0 Å². The van der Waals surface area contributed by atoms with E-state index < -0.39 is 29.0 Å². The number of rotatable bonds is 3. The fourth-order valence-electron chi connectivity index (χ4n) is 3.98. The topological polar surface area (TPSA) is 49.8 Å². The Hall–Kier alpha value is -1.14. The first-order valence-electron chi connectivity index (χ1n) is 8.69. The van der Waals surface area contributed by atoms with E-state index in [2.05, 4.69) is 15.9 Å². The predicted molar refractivity (Wildman–Crippen MR) is 97.1 cm³/mol. The van der Waals surface area contributed by atoms with Crippen molar-refractivity contribution in [3.05, 3.63) is 34.3 Å². The molecule has 0 aromatic heterocycles. The third-order valence-corrected chi connectivity index (χ3v) is 6.53. The lowest BCUT2D eigenvalue weighted by atomic mass is 9.69. The Morgan fingerprint density at radius 3 is 2.32 bits per heavy atom. The Kier molecular flexibility index (Phi) is 4.65. The van der Waals surface area contributed by atoms with Crippen LogP contribution >= 0.6 is 15.9 Å². The lowest BCUT2D eigenvalue weighted by Crippen LogP contribution is -2.57. The van der Waals surface area contributed by atoms with Gasteiger partial charge in [0.25, 0.3) is 0 Å². The van der Waals surface area contributed by atoms with Crippen molar-refractivity contribution >= 4 is 22.0 Å². The molecule has 1 spiro atoms. The minimum atomic E-state index is -1.20. The summed E-state index contributed by atoms with van der Waals surface area (Å²) < 4.78 is 20.9. The van der Waals surface area contributed by atoms with E-state index in [0.717, 1.165) is 10.0 Å². The third-order valence-electron chi connectivity index (χ3n) is 6.00. The van der Waals surface area contributed by atoms with Crippen LogP contribution < -0.4 is 0 Å². The lowest BCUT2D eigenvalue weighted by Gasteiger charge is -2.46. The van der Waals surface area contributed by atoms with E-state index in [0.29, 0.717) is 25.7 Å². The number of hydrogen-bond donors (Lipinski definition) is 1. The highest BCUT2D eigenvalue weighted by Crippen LogP contribution is 2.51. The summed E-state index contributed by atoms with van der Waals surface area (Å²) in [5.74, 6) is 0. The number of β-amino-alcohol motifs (C(OH)–C–C–N with tert-alkyl or cyclic N) is 1. The van der Waals surface area contributed by atoms with Gasteiger partial charge in [0, 0.05) is 4.47 Å². The first kappa shape index (κ1) is 18.6. The van der Waals surface area contributed by atoms with Crippen molar-refractivity contribution in [1.82, 2.24) is 4.90 Å². The molecule has 2 aliphatic rings. The second-order valence-electron chi connectivity index (χ2n) is 8.01. The zero-order valence-electron chi connectivity index (χ0n) is 14.9. The number of carbonyl (C=O) groups is 1. The van der Waals surface area contributed by atoms with Crippen molar-refractivity contribution in [2.75, 3.05) is 6.54 Å². The maximum Gasteiger partial charge on any atom is 0.411 e. The van der Waals surface area contributed by atoms with Crippen LogP contribution in [0.1, 0.15) is 58.1 Å². The summed E-state index contributed by atoms with van der Waals surface area (Å²) >= 11 is 3.37. The molecule has 6 heteroatoms. The van der Waals surface area contributed by atoms with Crippen LogP contribution in [-0.2, 0) is 4.74 Å². The molecule has 1 heterocycles. The molecule has 1 saturated carbocycles. The summed E-state index contributed by atoms with van der Waals surface area (Å²) in [4.78, 5) is 14.1.